The minimum atomic E-state index is -0.545. The van der Waals surface area contributed by atoms with Gasteiger partial charge in [0.05, 0.1) is 39.0 Å². The van der Waals surface area contributed by atoms with Gasteiger partial charge in [-0.05, 0) is 47.0 Å². The van der Waals surface area contributed by atoms with E-state index in [1.807, 2.05) is 36.5 Å². The zero-order chi connectivity index (χ0) is 33.8. The summed E-state index contributed by atoms with van der Waals surface area (Å²) in [6, 6.07) is 20.2. The Morgan fingerprint density at radius 2 is 1.71 bits per heavy atom. The van der Waals surface area contributed by atoms with Crippen LogP contribution in [-0.4, -0.2) is 47.4 Å². The third kappa shape index (κ3) is 6.69. The van der Waals surface area contributed by atoms with E-state index >= 15 is 0 Å². The molecule has 10 heteroatoms. The van der Waals surface area contributed by atoms with Gasteiger partial charge in [-0.15, -0.1) is 0 Å². The van der Waals surface area contributed by atoms with Crippen LogP contribution in [-0.2, 0) is 12.0 Å². The van der Waals surface area contributed by atoms with Crippen LogP contribution in [0.5, 0.6) is 23.0 Å². The minimum absolute atomic E-state index is 0.0344. The maximum atomic E-state index is 14.2. The largest absolute Gasteiger partial charge is 0.493 e. The molecule has 1 aliphatic rings. The molecule has 0 radical (unpaired) electrons. The summed E-state index contributed by atoms with van der Waals surface area (Å²) in [5.41, 5.74) is 3.68. The van der Waals surface area contributed by atoms with Crippen molar-refractivity contribution in [3.05, 3.63) is 118 Å². The molecule has 0 spiro atoms. The summed E-state index contributed by atoms with van der Waals surface area (Å²) < 4.78 is 18.7. The average Bonchev–Trinajstić information content (AvgIpc) is 3.09. The number of hydrogen-bond acceptors (Lipinski definition) is 8. The molecule has 1 N–H and O–H groups in total. The Kier molecular flexibility index (Phi) is 9.07. The quantitative estimate of drug-likeness (QED) is 0.183. The van der Waals surface area contributed by atoms with Gasteiger partial charge in [0, 0.05) is 41.4 Å². The first-order chi connectivity index (χ1) is 23.2. The van der Waals surface area contributed by atoms with E-state index < -0.39 is 5.91 Å². The number of allylic oxidation sites excluding steroid dienone is 1. The summed E-state index contributed by atoms with van der Waals surface area (Å²) in [6.07, 6.45) is 7.71. The number of aliphatic imine (C=N–C) groups is 1. The molecule has 5 aromatic rings. The van der Waals surface area contributed by atoms with Gasteiger partial charge in [-0.3, -0.25) is 19.6 Å². The molecule has 0 aliphatic carbocycles. The number of fused-ring (bicyclic) bond motifs is 1. The molecular weight excluding hydrogens is 606 g/mol. The third-order valence-electron chi connectivity index (χ3n) is 8.07. The number of nitrogens with zero attached hydrogens (tertiary/aromatic N) is 4. The number of carbonyl (C=O) groups excluding carboxylic acids is 1. The number of rotatable bonds is 9. The van der Waals surface area contributed by atoms with Gasteiger partial charge >= 0.3 is 0 Å². The molecular formula is C38H37N5O5. The van der Waals surface area contributed by atoms with Gasteiger partial charge in [0.2, 0.25) is 0 Å². The second kappa shape index (κ2) is 13.5. The molecule has 1 amide bonds. The molecule has 0 atom stereocenters. The van der Waals surface area contributed by atoms with Crippen LogP contribution in [0.25, 0.3) is 16.5 Å². The second-order valence-electron chi connectivity index (χ2n) is 12.4. The molecule has 6 rings (SSSR count). The van der Waals surface area contributed by atoms with Crippen LogP contribution in [0.3, 0.4) is 0 Å². The maximum absolute atomic E-state index is 14.2. The lowest BCUT2D eigenvalue weighted by atomic mass is 9.83. The van der Waals surface area contributed by atoms with Crippen molar-refractivity contribution >= 4 is 34.4 Å². The lowest BCUT2D eigenvalue weighted by Gasteiger charge is -2.29. The van der Waals surface area contributed by atoms with Crippen molar-refractivity contribution in [1.82, 2.24) is 14.5 Å². The first-order valence-corrected chi connectivity index (χ1v) is 15.6. The normalized spacial score (nSPS) is 12.8. The van der Waals surface area contributed by atoms with Gasteiger partial charge in [0.25, 0.3) is 11.5 Å². The summed E-state index contributed by atoms with van der Waals surface area (Å²) in [5, 5.41) is 3.55. The van der Waals surface area contributed by atoms with Crippen LogP contribution >= 0.6 is 0 Å². The molecule has 0 saturated carbocycles. The van der Waals surface area contributed by atoms with Crippen molar-refractivity contribution in [2.45, 2.75) is 39.2 Å². The zero-order valence-corrected chi connectivity index (χ0v) is 27.6. The van der Waals surface area contributed by atoms with Crippen LogP contribution in [0, 0.1) is 0 Å². The van der Waals surface area contributed by atoms with Crippen molar-refractivity contribution in [3.63, 3.8) is 0 Å². The van der Waals surface area contributed by atoms with Crippen LogP contribution in [0.15, 0.2) is 95.0 Å². The highest BCUT2D eigenvalue weighted by atomic mass is 16.5. The van der Waals surface area contributed by atoms with E-state index in [1.165, 1.54) is 6.20 Å². The predicted octanol–water partition coefficient (Wildman–Crippen LogP) is 7.06. The number of amides is 1. The van der Waals surface area contributed by atoms with Crippen molar-refractivity contribution in [2.75, 3.05) is 26.1 Å². The van der Waals surface area contributed by atoms with Crippen LogP contribution in [0.1, 0.15) is 54.4 Å². The van der Waals surface area contributed by atoms with Gasteiger partial charge in [0.15, 0.2) is 11.5 Å². The fourth-order valence-corrected chi connectivity index (χ4v) is 5.87. The standard InChI is InChI=1S/C38H37N5O5/c1-38(2,3)35-27(25-13-16-39-17-14-25)19-29(37(45)43(35)23-24-9-7-6-8-10-24)36(44)42-34-12-11-26(22-41-34)48-31-15-18-40-30-21-33(47-5)32(46-4)20-28(30)31/h6-13,15,17-22H,14,16,23H2,1-5H3,(H,41,42,44). The molecule has 0 unspecified atom stereocenters. The van der Waals surface area contributed by atoms with Gasteiger partial charge in [-0.25, -0.2) is 4.98 Å². The molecule has 48 heavy (non-hydrogen) atoms. The number of aromatic nitrogens is 3. The highest BCUT2D eigenvalue weighted by molar-refractivity contribution is 6.04. The number of carbonyl (C=O) groups is 1. The van der Waals surface area contributed by atoms with Gasteiger partial charge in [-0.1, -0.05) is 57.2 Å². The molecule has 0 bridgehead atoms. The SMILES string of the molecule is COc1cc2nccc(Oc3ccc(NC(=O)c4cc(C5=CCN=CC5)c(C(C)(C)C)n(Cc5ccccc5)c4=O)nc3)c2cc1OC. The van der Waals surface area contributed by atoms with E-state index in [9.17, 15) is 9.59 Å². The molecule has 10 nitrogen and oxygen atoms in total. The number of pyridine rings is 3. The first-order valence-electron chi connectivity index (χ1n) is 15.6. The summed E-state index contributed by atoms with van der Waals surface area (Å²) in [5.74, 6) is 1.84. The Labute approximate surface area is 278 Å². The Balaban J connectivity index is 1.32. The van der Waals surface area contributed by atoms with Gasteiger partial charge < -0.3 is 24.1 Å². The number of ether oxygens (including phenoxy) is 3. The highest BCUT2D eigenvalue weighted by Gasteiger charge is 2.28. The number of nitrogens with one attached hydrogen (secondary N) is 1. The summed E-state index contributed by atoms with van der Waals surface area (Å²) in [6.45, 7) is 7.13. The fourth-order valence-electron chi connectivity index (χ4n) is 5.87. The van der Waals surface area contributed by atoms with Crippen LogP contribution < -0.4 is 25.1 Å². The number of dihydropyridines is 1. The maximum Gasteiger partial charge on any atom is 0.263 e. The molecule has 2 aromatic carbocycles. The number of benzene rings is 2. The number of hydrogen-bond donors (Lipinski definition) is 1. The molecule has 3 aromatic heterocycles. The van der Waals surface area contributed by atoms with E-state index in [0.717, 1.165) is 27.8 Å². The minimum Gasteiger partial charge on any atom is -0.493 e. The van der Waals surface area contributed by atoms with Crippen LogP contribution in [0.2, 0.25) is 0 Å². The van der Waals surface area contributed by atoms with Crippen molar-refractivity contribution in [3.8, 4) is 23.0 Å². The molecule has 244 valence electrons. The second-order valence-corrected chi connectivity index (χ2v) is 12.4. The molecule has 0 fully saturated rings. The summed E-state index contributed by atoms with van der Waals surface area (Å²) >= 11 is 0. The predicted molar refractivity (Wildman–Crippen MR) is 188 cm³/mol. The van der Waals surface area contributed by atoms with Crippen LogP contribution in [0.4, 0.5) is 5.82 Å². The van der Waals surface area contributed by atoms with Gasteiger partial charge in [-0.2, -0.15) is 0 Å². The molecule has 0 saturated heterocycles. The topological polar surface area (TPSA) is 117 Å². The van der Waals surface area contributed by atoms with Crippen molar-refractivity contribution in [1.29, 1.82) is 0 Å². The Morgan fingerprint density at radius 1 is 0.938 bits per heavy atom. The monoisotopic (exact) mass is 643 g/mol. The molecule has 4 heterocycles. The highest BCUT2D eigenvalue weighted by Crippen LogP contribution is 2.37. The van der Waals surface area contributed by atoms with Crippen molar-refractivity contribution < 1.29 is 19.0 Å². The van der Waals surface area contributed by atoms with E-state index in [1.54, 1.807) is 61.4 Å². The van der Waals surface area contributed by atoms with E-state index in [0.29, 0.717) is 48.0 Å². The third-order valence-corrected chi connectivity index (χ3v) is 8.07. The summed E-state index contributed by atoms with van der Waals surface area (Å²) in [4.78, 5) is 41.1. The molecule has 1 aliphatic heterocycles. The average molecular weight is 644 g/mol. The van der Waals surface area contributed by atoms with Crippen molar-refractivity contribution in [2.24, 2.45) is 4.99 Å². The first kappa shape index (κ1) is 32.2. The number of anilines is 1. The number of methoxy groups -OCH3 is 2. The fraction of sp³-hybridized carbons (Fsp3) is 0.237. The Hall–Kier alpha value is -5.77. The van der Waals surface area contributed by atoms with E-state index in [-0.39, 0.29) is 22.4 Å². The summed E-state index contributed by atoms with van der Waals surface area (Å²) in [7, 11) is 3.14. The van der Waals surface area contributed by atoms with Gasteiger partial charge in [0.1, 0.15) is 22.9 Å². The Bertz CT molecular complexity index is 2100. The Morgan fingerprint density at radius 3 is 2.38 bits per heavy atom. The zero-order valence-electron chi connectivity index (χ0n) is 27.6. The lowest BCUT2D eigenvalue weighted by Crippen LogP contribution is -2.36. The van der Waals surface area contributed by atoms with E-state index in [4.69, 9.17) is 14.2 Å². The van der Waals surface area contributed by atoms with E-state index in [2.05, 4.69) is 47.1 Å². The smallest absolute Gasteiger partial charge is 0.263 e. The lowest BCUT2D eigenvalue weighted by molar-refractivity contribution is 0.102.